The summed E-state index contributed by atoms with van der Waals surface area (Å²) in [5.74, 6) is 0.863. The van der Waals surface area contributed by atoms with Crippen molar-refractivity contribution in [2.24, 2.45) is 5.10 Å². The third kappa shape index (κ3) is 4.83. The first-order chi connectivity index (χ1) is 12.7. The zero-order chi connectivity index (χ0) is 18.2. The fourth-order valence-electron chi connectivity index (χ4n) is 2.33. The second kappa shape index (κ2) is 8.67. The number of hydrogen-bond acceptors (Lipinski definition) is 4. The van der Waals surface area contributed by atoms with Gasteiger partial charge in [0.05, 0.1) is 5.71 Å². The quantitative estimate of drug-likeness (QED) is 0.510. The van der Waals surface area contributed by atoms with Crippen molar-refractivity contribution in [2.45, 2.75) is 13.0 Å². The van der Waals surface area contributed by atoms with Crippen LogP contribution in [0.25, 0.3) is 6.08 Å². The summed E-state index contributed by atoms with van der Waals surface area (Å²) >= 11 is 0. The van der Waals surface area contributed by atoms with Crippen molar-refractivity contribution in [3.63, 3.8) is 0 Å². The van der Waals surface area contributed by atoms with Crippen LogP contribution in [0.15, 0.2) is 77.9 Å². The van der Waals surface area contributed by atoms with Gasteiger partial charge in [-0.15, -0.1) is 0 Å². The number of nitrogens with one attached hydrogen (secondary N) is 1. The Hall–Kier alpha value is -3.34. The van der Waals surface area contributed by atoms with Crippen LogP contribution in [0, 0.1) is 0 Å². The average molecular weight is 348 g/mol. The summed E-state index contributed by atoms with van der Waals surface area (Å²) in [6.45, 7) is 1.97. The van der Waals surface area contributed by atoms with E-state index in [-0.39, 0.29) is 12.5 Å². The van der Waals surface area contributed by atoms with Crippen molar-refractivity contribution in [3.8, 4) is 11.5 Å². The highest BCUT2D eigenvalue weighted by Crippen LogP contribution is 2.30. The molecule has 1 N–H and O–H groups in total. The first kappa shape index (κ1) is 17.5. The SMILES string of the molecule is CC(/C=C/C=C/c1ccccc1)=N\NC(=O)[C@@H]1COc2ccccc2O1. The molecule has 1 heterocycles. The molecule has 132 valence electrons. The van der Waals surface area contributed by atoms with Gasteiger partial charge in [-0.1, -0.05) is 60.7 Å². The van der Waals surface area contributed by atoms with Crippen LogP contribution in [-0.4, -0.2) is 24.3 Å². The molecule has 1 aliphatic heterocycles. The van der Waals surface area contributed by atoms with Crippen LogP contribution in [0.4, 0.5) is 0 Å². The summed E-state index contributed by atoms with van der Waals surface area (Å²) in [6, 6.07) is 17.3. The smallest absolute Gasteiger partial charge is 0.284 e. The van der Waals surface area contributed by atoms with Gasteiger partial charge in [0, 0.05) is 0 Å². The van der Waals surface area contributed by atoms with Crippen molar-refractivity contribution in [1.82, 2.24) is 5.43 Å². The van der Waals surface area contributed by atoms with Crippen LogP contribution in [0.2, 0.25) is 0 Å². The molecule has 1 aliphatic rings. The molecule has 2 aromatic rings. The number of benzene rings is 2. The molecule has 2 aromatic carbocycles. The maximum absolute atomic E-state index is 12.2. The zero-order valence-electron chi connectivity index (χ0n) is 14.5. The van der Waals surface area contributed by atoms with Gasteiger partial charge < -0.3 is 9.47 Å². The number of amides is 1. The predicted octanol–water partition coefficient (Wildman–Crippen LogP) is 3.59. The van der Waals surface area contributed by atoms with E-state index in [0.717, 1.165) is 5.56 Å². The number of fused-ring (bicyclic) bond motifs is 1. The first-order valence-corrected chi connectivity index (χ1v) is 8.35. The van der Waals surface area contributed by atoms with E-state index >= 15 is 0 Å². The number of ether oxygens (including phenoxy) is 2. The first-order valence-electron chi connectivity index (χ1n) is 8.35. The minimum absolute atomic E-state index is 0.160. The van der Waals surface area contributed by atoms with E-state index in [0.29, 0.717) is 17.2 Å². The standard InChI is InChI=1S/C21H20N2O3/c1-16(9-5-6-12-17-10-3-2-4-11-17)22-23-21(24)20-15-25-18-13-7-8-14-19(18)26-20/h2-14,20H,15H2,1H3,(H,23,24)/b9-5+,12-6+,22-16+/t20-/m0/s1. The van der Waals surface area contributed by atoms with Crippen LogP contribution < -0.4 is 14.9 Å². The molecule has 0 aliphatic carbocycles. The Labute approximate surface area is 152 Å². The van der Waals surface area contributed by atoms with Gasteiger partial charge in [0.25, 0.3) is 5.91 Å². The molecule has 1 amide bonds. The highest BCUT2D eigenvalue weighted by molar-refractivity contribution is 5.94. The van der Waals surface area contributed by atoms with Crippen molar-refractivity contribution in [3.05, 3.63) is 78.4 Å². The number of rotatable bonds is 5. The molecular weight excluding hydrogens is 328 g/mol. The van der Waals surface area contributed by atoms with E-state index in [1.165, 1.54) is 0 Å². The third-order valence-corrected chi connectivity index (χ3v) is 3.68. The molecule has 0 aromatic heterocycles. The molecule has 0 saturated heterocycles. The predicted molar refractivity (Wildman–Crippen MR) is 102 cm³/mol. The van der Waals surface area contributed by atoms with Gasteiger partial charge in [0.1, 0.15) is 6.61 Å². The molecule has 26 heavy (non-hydrogen) atoms. The number of hydrazone groups is 1. The van der Waals surface area contributed by atoms with Gasteiger partial charge in [-0.2, -0.15) is 5.10 Å². The third-order valence-electron chi connectivity index (χ3n) is 3.68. The topological polar surface area (TPSA) is 59.9 Å². The molecule has 0 spiro atoms. The van der Waals surface area contributed by atoms with Crippen molar-refractivity contribution in [2.75, 3.05) is 6.61 Å². The highest BCUT2D eigenvalue weighted by Gasteiger charge is 2.26. The van der Waals surface area contributed by atoms with Gasteiger partial charge in [0.2, 0.25) is 6.10 Å². The Morgan fingerprint density at radius 1 is 1.08 bits per heavy atom. The lowest BCUT2D eigenvalue weighted by molar-refractivity contribution is -0.130. The van der Waals surface area contributed by atoms with E-state index in [2.05, 4.69) is 10.5 Å². The summed E-state index contributed by atoms with van der Waals surface area (Å²) in [7, 11) is 0. The van der Waals surface area contributed by atoms with Gasteiger partial charge in [-0.25, -0.2) is 5.43 Å². The number of carbonyl (C=O) groups is 1. The maximum atomic E-state index is 12.2. The lowest BCUT2D eigenvalue weighted by Gasteiger charge is -2.24. The summed E-state index contributed by atoms with van der Waals surface area (Å²) in [6.07, 6.45) is 6.88. The zero-order valence-corrected chi connectivity index (χ0v) is 14.5. The molecular formula is C21H20N2O3. The fourth-order valence-corrected chi connectivity index (χ4v) is 2.33. The molecule has 0 fully saturated rings. The van der Waals surface area contributed by atoms with E-state index < -0.39 is 6.10 Å². The van der Waals surface area contributed by atoms with E-state index in [9.17, 15) is 4.79 Å². The molecule has 1 atom stereocenters. The van der Waals surface area contributed by atoms with Crippen molar-refractivity contribution in [1.29, 1.82) is 0 Å². The van der Waals surface area contributed by atoms with Crippen molar-refractivity contribution < 1.29 is 14.3 Å². The molecule has 0 unspecified atom stereocenters. The average Bonchev–Trinajstić information content (AvgIpc) is 2.70. The lowest BCUT2D eigenvalue weighted by atomic mass is 10.2. The summed E-state index contributed by atoms with van der Waals surface area (Å²) < 4.78 is 11.2. The van der Waals surface area contributed by atoms with E-state index in [4.69, 9.17) is 9.47 Å². The minimum Gasteiger partial charge on any atom is -0.485 e. The van der Waals surface area contributed by atoms with E-state index in [1.54, 1.807) is 19.1 Å². The Balaban J connectivity index is 1.50. The van der Waals surface area contributed by atoms with Gasteiger partial charge in [-0.05, 0) is 30.7 Å². The number of para-hydroxylation sites is 2. The molecule has 3 rings (SSSR count). The fraction of sp³-hybridized carbons (Fsp3) is 0.143. The van der Waals surface area contributed by atoms with Crippen LogP contribution in [0.3, 0.4) is 0 Å². The van der Waals surface area contributed by atoms with Gasteiger partial charge >= 0.3 is 0 Å². The second-order valence-electron chi connectivity index (χ2n) is 5.72. The van der Waals surface area contributed by atoms with Crippen LogP contribution >= 0.6 is 0 Å². The van der Waals surface area contributed by atoms with Crippen LogP contribution in [-0.2, 0) is 4.79 Å². The normalized spacial score (nSPS) is 16.8. The van der Waals surface area contributed by atoms with Gasteiger partial charge in [0.15, 0.2) is 11.5 Å². The van der Waals surface area contributed by atoms with Crippen molar-refractivity contribution >= 4 is 17.7 Å². The highest BCUT2D eigenvalue weighted by atomic mass is 16.6. The number of allylic oxidation sites excluding steroid dienone is 3. The number of hydrogen-bond donors (Lipinski definition) is 1. The summed E-state index contributed by atoms with van der Waals surface area (Å²) in [5, 5.41) is 4.06. The molecule has 5 heteroatoms. The molecule has 0 bridgehead atoms. The lowest BCUT2D eigenvalue weighted by Crippen LogP contribution is -2.42. The second-order valence-corrected chi connectivity index (χ2v) is 5.72. The summed E-state index contributed by atoms with van der Waals surface area (Å²) in [5.41, 5.74) is 4.30. The molecule has 0 radical (unpaired) electrons. The monoisotopic (exact) mass is 348 g/mol. The Bertz CT molecular complexity index is 841. The Morgan fingerprint density at radius 3 is 2.62 bits per heavy atom. The Morgan fingerprint density at radius 2 is 1.81 bits per heavy atom. The number of carbonyl (C=O) groups excluding carboxylic acids is 1. The van der Waals surface area contributed by atoms with Crippen LogP contribution in [0.1, 0.15) is 12.5 Å². The Kier molecular flexibility index (Phi) is 5.83. The van der Waals surface area contributed by atoms with E-state index in [1.807, 2.05) is 66.8 Å². The molecule has 5 nitrogen and oxygen atoms in total. The van der Waals surface area contributed by atoms with Gasteiger partial charge in [-0.3, -0.25) is 4.79 Å². The molecule has 0 saturated carbocycles. The number of nitrogens with zero attached hydrogens (tertiary/aromatic N) is 1. The maximum Gasteiger partial charge on any atom is 0.284 e. The minimum atomic E-state index is -0.719. The largest absolute Gasteiger partial charge is 0.485 e. The van der Waals surface area contributed by atoms with Crippen LogP contribution in [0.5, 0.6) is 11.5 Å². The summed E-state index contributed by atoms with van der Waals surface area (Å²) in [4.78, 5) is 12.2.